The van der Waals surface area contributed by atoms with Gasteiger partial charge in [-0.05, 0) is 30.2 Å². The molecule has 0 aliphatic carbocycles. The number of amides is 2. The minimum atomic E-state index is -1.02. The summed E-state index contributed by atoms with van der Waals surface area (Å²) in [5.41, 5.74) is 9.65. The number of nitrogens with zero attached hydrogens (tertiary/aromatic N) is 5. The number of fused-ring (bicyclic) bond motifs is 1. The first-order chi connectivity index (χ1) is 22.6. The topological polar surface area (TPSA) is 188 Å². The highest BCUT2D eigenvalue weighted by Gasteiger charge is 2.22. The second-order valence-corrected chi connectivity index (χ2v) is 12.1. The Morgan fingerprint density at radius 2 is 1.87 bits per heavy atom. The molecular weight excluding hydrogens is 604 g/mol. The van der Waals surface area contributed by atoms with Gasteiger partial charge in [-0.1, -0.05) is 32.8 Å². The number of nitrogens with two attached hydrogens (primary N) is 1. The molecule has 1 fully saturated rings. The summed E-state index contributed by atoms with van der Waals surface area (Å²) >= 11 is 0. The molecule has 1 saturated heterocycles. The van der Waals surface area contributed by atoms with Crippen LogP contribution < -0.4 is 21.1 Å². The van der Waals surface area contributed by atoms with Crippen molar-refractivity contribution in [3.63, 3.8) is 0 Å². The van der Waals surface area contributed by atoms with Crippen LogP contribution in [-0.4, -0.2) is 105 Å². The van der Waals surface area contributed by atoms with Crippen molar-refractivity contribution in [3.05, 3.63) is 41.6 Å². The Labute approximate surface area is 275 Å². The van der Waals surface area contributed by atoms with Gasteiger partial charge in [0, 0.05) is 63.9 Å². The Balaban J connectivity index is 1.37. The zero-order valence-electron chi connectivity index (χ0n) is 27.6. The maximum Gasteiger partial charge on any atom is 0.306 e. The first kappa shape index (κ1) is 35.4. The van der Waals surface area contributed by atoms with E-state index in [2.05, 4.69) is 49.1 Å². The van der Waals surface area contributed by atoms with Crippen LogP contribution >= 0.6 is 0 Å². The molecule has 3 heterocycles. The van der Waals surface area contributed by atoms with Crippen LogP contribution in [0.2, 0.25) is 0 Å². The number of anilines is 2. The van der Waals surface area contributed by atoms with Gasteiger partial charge < -0.3 is 40.8 Å². The lowest BCUT2D eigenvalue weighted by molar-refractivity contribution is -0.143. The Bertz CT molecular complexity index is 1520. The average molecular weight is 653 g/mol. The Kier molecular flexibility index (Phi) is 12.8. The lowest BCUT2D eigenvalue weighted by atomic mass is 10.1. The molecule has 0 spiro atoms. The molecule has 1 aliphatic rings. The standard InChI is InChI=1S/C33H48N8O6/c1-4-5-6-25(21-42)36-31-30-26(37-33(34)38-31)10-12-41(30)20-24-18-23(7-8-27(24)47-3)19-39-13-15-40(16-14-39)29(44)9-11-35-28(43)17-22(2)32(45)46/h7-8,10,12,18,22,25,42H,4-6,9,11,13-17,19-21H2,1-3H3,(H,35,43)(H,45,46)(H3,34,36,37,38)/t22?,25-/m0/s1. The maximum atomic E-state index is 12.7. The Morgan fingerprint density at radius 1 is 1.11 bits per heavy atom. The second kappa shape index (κ2) is 16.9. The van der Waals surface area contributed by atoms with Gasteiger partial charge in [0.25, 0.3) is 0 Å². The first-order valence-electron chi connectivity index (χ1n) is 16.3. The second-order valence-electron chi connectivity index (χ2n) is 12.1. The number of ether oxygens (including phenoxy) is 1. The van der Waals surface area contributed by atoms with Crippen LogP contribution in [0.1, 0.15) is 57.1 Å². The molecule has 1 aromatic carbocycles. The summed E-state index contributed by atoms with van der Waals surface area (Å²) in [4.78, 5) is 48.6. The SMILES string of the molecule is CCCC[C@@H](CO)Nc1nc(N)nc2ccn(Cc3cc(CN4CCN(C(=O)CCNC(=O)CC(C)C(=O)O)CC4)ccc3OC)c12. The van der Waals surface area contributed by atoms with Crippen LogP contribution in [0, 0.1) is 5.92 Å². The maximum absolute atomic E-state index is 12.7. The fourth-order valence-corrected chi connectivity index (χ4v) is 5.77. The van der Waals surface area contributed by atoms with E-state index in [-0.39, 0.29) is 49.8 Å². The van der Waals surface area contributed by atoms with E-state index in [0.29, 0.717) is 37.5 Å². The number of aliphatic hydroxyl groups is 1. The molecule has 4 rings (SSSR count). The number of hydrogen-bond donors (Lipinski definition) is 5. The summed E-state index contributed by atoms with van der Waals surface area (Å²) in [6.45, 7) is 7.61. The summed E-state index contributed by atoms with van der Waals surface area (Å²) in [6, 6.07) is 7.92. The molecule has 0 bridgehead atoms. The normalized spacial score (nSPS) is 14.9. The summed E-state index contributed by atoms with van der Waals surface area (Å²) < 4.78 is 7.78. The van der Waals surface area contributed by atoms with Gasteiger partial charge in [0.05, 0.1) is 37.7 Å². The molecule has 256 valence electrons. The molecule has 1 aliphatic heterocycles. The number of carboxylic acids is 1. The fourth-order valence-electron chi connectivity index (χ4n) is 5.77. The van der Waals surface area contributed by atoms with E-state index >= 15 is 0 Å². The van der Waals surface area contributed by atoms with Gasteiger partial charge in [0.1, 0.15) is 11.3 Å². The largest absolute Gasteiger partial charge is 0.496 e. The number of carbonyl (C=O) groups excluding carboxylic acids is 2. The summed E-state index contributed by atoms with van der Waals surface area (Å²) in [6.07, 6.45) is 4.84. The smallest absolute Gasteiger partial charge is 0.306 e. The highest BCUT2D eigenvalue weighted by molar-refractivity contribution is 5.88. The predicted octanol–water partition coefficient (Wildman–Crippen LogP) is 2.29. The first-order valence-corrected chi connectivity index (χ1v) is 16.3. The highest BCUT2D eigenvalue weighted by atomic mass is 16.5. The van der Waals surface area contributed by atoms with Crippen LogP contribution in [0.5, 0.6) is 5.75 Å². The molecule has 6 N–H and O–H groups in total. The van der Waals surface area contributed by atoms with Gasteiger partial charge in [-0.3, -0.25) is 19.3 Å². The van der Waals surface area contributed by atoms with Crippen molar-refractivity contribution in [2.45, 2.75) is 65.1 Å². The summed E-state index contributed by atoms with van der Waals surface area (Å²) in [5.74, 6) is -0.664. The van der Waals surface area contributed by atoms with Gasteiger partial charge in [-0.15, -0.1) is 0 Å². The van der Waals surface area contributed by atoms with E-state index < -0.39 is 11.9 Å². The third kappa shape index (κ3) is 9.78. The molecule has 2 aromatic heterocycles. The molecule has 2 atom stereocenters. The molecule has 2 amide bonds. The van der Waals surface area contributed by atoms with Crippen molar-refractivity contribution in [3.8, 4) is 5.75 Å². The van der Waals surface area contributed by atoms with Gasteiger partial charge in [0.15, 0.2) is 5.82 Å². The monoisotopic (exact) mass is 652 g/mol. The van der Waals surface area contributed by atoms with Crippen LogP contribution in [0.15, 0.2) is 30.5 Å². The molecule has 14 heteroatoms. The number of carbonyl (C=O) groups is 3. The minimum absolute atomic E-state index is 0.0157. The minimum Gasteiger partial charge on any atom is -0.496 e. The fraction of sp³-hybridized carbons (Fsp3) is 0.545. The summed E-state index contributed by atoms with van der Waals surface area (Å²) in [7, 11) is 1.65. The van der Waals surface area contributed by atoms with Crippen LogP contribution in [0.3, 0.4) is 0 Å². The Morgan fingerprint density at radius 3 is 2.55 bits per heavy atom. The van der Waals surface area contributed by atoms with E-state index in [0.717, 1.165) is 54.7 Å². The number of nitrogens with one attached hydrogen (secondary N) is 2. The van der Waals surface area contributed by atoms with Gasteiger partial charge >= 0.3 is 5.97 Å². The van der Waals surface area contributed by atoms with E-state index in [1.807, 2.05) is 23.2 Å². The molecule has 47 heavy (non-hydrogen) atoms. The van der Waals surface area contributed by atoms with E-state index in [1.165, 1.54) is 6.92 Å². The van der Waals surface area contributed by atoms with Gasteiger partial charge in [0.2, 0.25) is 17.8 Å². The highest BCUT2D eigenvalue weighted by Crippen LogP contribution is 2.28. The quantitative estimate of drug-likeness (QED) is 0.144. The third-order valence-corrected chi connectivity index (χ3v) is 8.49. The lowest BCUT2D eigenvalue weighted by Gasteiger charge is -2.35. The van der Waals surface area contributed by atoms with Crippen molar-refractivity contribution in [2.24, 2.45) is 5.92 Å². The number of piperazine rings is 1. The lowest BCUT2D eigenvalue weighted by Crippen LogP contribution is -2.48. The average Bonchev–Trinajstić information content (AvgIpc) is 3.45. The van der Waals surface area contributed by atoms with Crippen molar-refractivity contribution in [1.29, 1.82) is 0 Å². The summed E-state index contributed by atoms with van der Waals surface area (Å²) in [5, 5.41) is 24.9. The van der Waals surface area contributed by atoms with Crippen molar-refractivity contribution in [2.75, 3.05) is 57.5 Å². The van der Waals surface area contributed by atoms with Gasteiger partial charge in [-0.2, -0.15) is 4.98 Å². The molecule has 3 aromatic rings. The number of carboxylic acid groups (broad SMARTS) is 1. The molecule has 0 saturated carbocycles. The van der Waals surface area contributed by atoms with Gasteiger partial charge in [-0.25, -0.2) is 4.98 Å². The molecule has 1 unspecified atom stereocenters. The van der Waals surface area contributed by atoms with E-state index in [9.17, 15) is 19.5 Å². The van der Waals surface area contributed by atoms with Crippen molar-refractivity contribution < 1.29 is 29.3 Å². The predicted molar refractivity (Wildman–Crippen MR) is 179 cm³/mol. The zero-order chi connectivity index (χ0) is 33.9. The number of rotatable bonds is 17. The Hall–Kier alpha value is -4.43. The van der Waals surface area contributed by atoms with Crippen molar-refractivity contribution >= 4 is 40.6 Å². The van der Waals surface area contributed by atoms with Crippen LogP contribution in [0.4, 0.5) is 11.8 Å². The van der Waals surface area contributed by atoms with Crippen molar-refractivity contribution in [1.82, 2.24) is 29.7 Å². The van der Waals surface area contributed by atoms with Crippen LogP contribution in [0.25, 0.3) is 11.0 Å². The number of aromatic nitrogens is 3. The van der Waals surface area contributed by atoms with Crippen LogP contribution in [-0.2, 0) is 27.5 Å². The zero-order valence-corrected chi connectivity index (χ0v) is 27.6. The number of methoxy groups -OCH3 is 1. The number of hydrogen-bond acceptors (Lipinski definition) is 10. The van der Waals surface area contributed by atoms with E-state index in [4.69, 9.17) is 15.6 Å². The molecular formula is C33H48N8O6. The molecule has 0 radical (unpaired) electrons. The number of benzene rings is 1. The van der Waals surface area contributed by atoms with E-state index in [1.54, 1.807) is 7.11 Å². The third-order valence-electron chi connectivity index (χ3n) is 8.49. The number of aliphatic carboxylic acids is 1. The number of unbranched alkanes of at least 4 members (excludes halogenated alkanes) is 1. The number of aliphatic hydroxyl groups excluding tert-OH is 1. The molecule has 14 nitrogen and oxygen atoms in total. The number of nitrogen functional groups attached to an aromatic ring is 1.